The molecule has 138 valence electrons. The summed E-state index contributed by atoms with van der Waals surface area (Å²) < 4.78 is 0. The van der Waals surface area contributed by atoms with Gasteiger partial charge in [-0.1, -0.05) is 60.2 Å². The molecule has 0 aliphatic rings. The van der Waals surface area contributed by atoms with Crippen LogP contribution in [0.3, 0.4) is 0 Å². The molecule has 0 radical (unpaired) electrons. The quantitative estimate of drug-likeness (QED) is 0.658. The number of rotatable bonds is 7. The van der Waals surface area contributed by atoms with E-state index in [0.717, 1.165) is 16.1 Å². The number of aliphatic carboxylic acids is 1. The van der Waals surface area contributed by atoms with Crippen molar-refractivity contribution >= 4 is 23.2 Å². The molecule has 6 heteroatoms. The topological polar surface area (TPSA) is 79.3 Å². The molecule has 3 rings (SSSR count). The van der Waals surface area contributed by atoms with Crippen LogP contribution in [0.2, 0.25) is 0 Å². The molecule has 0 saturated heterocycles. The molecule has 0 spiro atoms. The van der Waals surface area contributed by atoms with Crippen LogP contribution in [0.15, 0.2) is 60.0 Å². The molecule has 3 aromatic rings. The Kier molecular flexibility index (Phi) is 5.98. The van der Waals surface area contributed by atoms with Crippen molar-refractivity contribution in [1.29, 1.82) is 0 Å². The molecule has 0 unspecified atom stereocenters. The Morgan fingerprint density at radius 3 is 2.48 bits per heavy atom. The number of hydrogen-bond donors (Lipinski definition) is 2. The maximum absolute atomic E-state index is 12.3. The van der Waals surface area contributed by atoms with Crippen LogP contribution in [0.25, 0.3) is 10.6 Å². The Bertz CT molecular complexity index is 920. The molecular weight excluding hydrogens is 360 g/mol. The van der Waals surface area contributed by atoms with E-state index < -0.39 is 12.0 Å². The first-order valence-corrected chi connectivity index (χ1v) is 9.47. The standard InChI is InChI=1S/C21H20N2O3S/c1-14-7-9-16(10-8-14)20-22-17(13-27-20)12-19(24)23-18(21(25)26)11-15-5-3-2-4-6-15/h2-10,13,18H,11-12H2,1H3,(H,23,24)(H,25,26)/t18-/m0/s1. The van der Waals surface area contributed by atoms with Crippen LogP contribution in [0, 0.1) is 6.92 Å². The predicted octanol–water partition coefficient (Wildman–Crippen LogP) is 3.47. The summed E-state index contributed by atoms with van der Waals surface area (Å²) in [5.74, 6) is -1.40. The molecular formula is C21H20N2O3S. The lowest BCUT2D eigenvalue weighted by molar-refractivity contribution is -0.141. The third-order valence-electron chi connectivity index (χ3n) is 4.11. The molecule has 1 atom stereocenters. The second kappa shape index (κ2) is 8.60. The first kappa shape index (κ1) is 18.8. The molecule has 0 fully saturated rings. The van der Waals surface area contributed by atoms with E-state index in [2.05, 4.69) is 10.3 Å². The minimum atomic E-state index is -1.05. The monoisotopic (exact) mass is 380 g/mol. The van der Waals surface area contributed by atoms with Crippen molar-refractivity contribution in [3.63, 3.8) is 0 Å². The summed E-state index contributed by atoms with van der Waals surface area (Å²) in [7, 11) is 0. The molecule has 1 heterocycles. The Morgan fingerprint density at radius 2 is 1.81 bits per heavy atom. The molecule has 2 aromatic carbocycles. The number of amides is 1. The first-order valence-electron chi connectivity index (χ1n) is 8.59. The minimum absolute atomic E-state index is 0.0565. The zero-order chi connectivity index (χ0) is 19.2. The number of carbonyl (C=O) groups excluding carboxylic acids is 1. The van der Waals surface area contributed by atoms with Gasteiger partial charge < -0.3 is 10.4 Å². The molecule has 0 saturated carbocycles. The highest BCUT2D eigenvalue weighted by atomic mass is 32.1. The maximum Gasteiger partial charge on any atom is 0.326 e. The lowest BCUT2D eigenvalue weighted by atomic mass is 10.1. The summed E-state index contributed by atoms with van der Waals surface area (Å²) in [6.45, 7) is 2.02. The van der Waals surface area contributed by atoms with E-state index in [1.807, 2.05) is 66.9 Å². The molecule has 0 aliphatic heterocycles. The smallest absolute Gasteiger partial charge is 0.326 e. The van der Waals surface area contributed by atoms with Gasteiger partial charge in [0, 0.05) is 17.4 Å². The van der Waals surface area contributed by atoms with Crippen molar-refractivity contribution in [3.05, 3.63) is 76.8 Å². The van der Waals surface area contributed by atoms with Gasteiger partial charge in [0.1, 0.15) is 11.0 Å². The van der Waals surface area contributed by atoms with E-state index in [1.165, 1.54) is 16.9 Å². The molecule has 0 bridgehead atoms. The lowest BCUT2D eigenvalue weighted by Crippen LogP contribution is -2.43. The van der Waals surface area contributed by atoms with Gasteiger partial charge in [0.15, 0.2) is 0 Å². The van der Waals surface area contributed by atoms with Crippen molar-refractivity contribution in [2.75, 3.05) is 0 Å². The third kappa shape index (κ3) is 5.24. The van der Waals surface area contributed by atoms with E-state index in [9.17, 15) is 14.7 Å². The fraction of sp³-hybridized carbons (Fsp3) is 0.190. The second-order valence-electron chi connectivity index (χ2n) is 6.33. The number of carbonyl (C=O) groups is 2. The van der Waals surface area contributed by atoms with Crippen LogP contribution in [0.1, 0.15) is 16.8 Å². The zero-order valence-electron chi connectivity index (χ0n) is 14.9. The number of aryl methyl sites for hydroxylation is 1. The Hall–Kier alpha value is -2.99. The minimum Gasteiger partial charge on any atom is -0.480 e. The Labute approximate surface area is 161 Å². The Balaban J connectivity index is 1.62. The van der Waals surface area contributed by atoms with E-state index in [4.69, 9.17) is 0 Å². The highest BCUT2D eigenvalue weighted by Crippen LogP contribution is 2.24. The fourth-order valence-corrected chi connectivity index (χ4v) is 3.50. The number of nitrogens with zero attached hydrogens (tertiary/aromatic N) is 1. The van der Waals surface area contributed by atoms with Crippen LogP contribution in [0.4, 0.5) is 0 Å². The number of hydrogen-bond acceptors (Lipinski definition) is 4. The van der Waals surface area contributed by atoms with E-state index >= 15 is 0 Å². The number of carboxylic acid groups (broad SMARTS) is 1. The van der Waals surface area contributed by atoms with E-state index in [0.29, 0.717) is 5.69 Å². The van der Waals surface area contributed by atoms with Gasteiger partial charge in [0.25, 0.3) is 0 Å². The van der Waals surface area contributed by atoms with E-state index in [1.54, 1.807) is 0 Å². The third-order valence-corrected chi connectivity index (χ3v) is 5.05. The first-order chi connectivity index (χ1) is 13.0. The summed E-state index contributed by atoms with van der Waals surface area (Å²) in [5, 5.41) is 14.7. The van der Waals surface area contributed by atoms with Crippen LogP contribution in [0.5, 0.6) is 0 Å². The van der Waals surface area contributed by atoms with Crippen molar-refractivity contribution < 1.29 is 14.7 Å². The summed E-state index contributed by atoms with van der Waals surface area (Å²) >= 11 is 1.47. The zero-order valence-corrected chi connectivity index (χ0v) is 15.7. The average Bonchev–Trinajstić information content (AvgIpc) is 3.11. The van der Waals surface area contributed by atoms with Crippen LogP contribution in [-0.2, 0) is 22.4 Å². The highest BCUT2D eigenvalue weighted by Gasteiger charge is 2.21. The summed E-state index contributed by atoms with van der Waals surface area (Å²) in [6, 6.07) is 16.3. The van der Waals surface area contributed by atoms with Crippen molar-refractivity contribution in [2.45, 2.75) is 25.8 Å². The van der Waals surface area contributed by atoms with Crippen LogP contribution in [-0.4, -0.2) is 28.0 Å². The van der Waals surface area contributed by atoms with Gasteiger partial charge >= 0.3 is 5.97 Å². The summed E-state index contributed by atoms with van der Waals surface area (Å²) in [5.41, 5.74) is 3.68. The fourth-order valence-electron chi connectivity index (χ4n) is 2.68. The lowest BCUT2D eigenvalue weighted by Gasteiger charge is -2.14. The highest BCUT2D eigenvalue weighted by molar-refractivity contribution is 7.13. The number of aromatic nitrogens is 1. The normalized spacial score (nSPS) is 11.7. The van der Waals surface area contributed by atoms with Crippen molar-refractivity contribution in [3.8, 4) is 10.6 Å². The number of thiazole rings is 1. The number of nitrogens with one attached hydrogen (secondary N) is 1. The van der Waals surface area contributed by atoms with Gasteiger partial charge in [-0.2, -0.15) is 0 Å². The molecule has 27 heavy (non-hydrogen) atoms. The predicted molar refractivity (Wildman–Crippen MR) is 106 cm³/mol. The number of carboxylic acids is 1. The van der Waals surface area contributed by atoms with Gasteiger partial charge in [-0.25, -0.2) is 9.78 Å². The van der Waals surface area contributed by atoms with Crippen molar-refractivity contribution in [1.82, 2.24) is 10.3 Å². The largest absolute Gasteiger partial charge is 0.480 e. The molecule has 0 aliphatic carbocycles. The Morgan fingerprint density at radius 1 is 1.11 bits per heavy atom. The van der Waals surface area contributed by atoms with Crippen LogP contribution >= 0.6 is 11.3 Å². The molecule has 1 aromatic heterocycles. The van der Waals surface area contributed by atoms with Crippen LogP contribution < -0.4 is 5.32 Å². The van der Waals surface area contributed by atoms with E-state index in [-0.39, 0.29) is 18.7 Å². The van der Waals surface area contributed by atoms with Gasteiger partial charge in [0.05, 0.1) is 12.1 Å². The van der Waals surface area contributed by atoms with Gasteiger partial charge in [-0.05, 0) is 12.5 Å². The molecule has 5 nitrogen and oxygen atoms in total. The summed E-state index contributed by atoms with van der Waals surface area (Å²) in [4.78, 5) is 28.3. The SMILES string of the molecule is Cc1ccc(-c2nc(CC(=O)N[C@@H](Cc3ccccc3)C(=O)O)cs2)cc1. The summed E-state index contributed by atoms with van der Waals surface area (Å²) in [6.07, 6.45) is 0.300. The number of benzene rings is 2. The van der Waals surface area contributed by atoms with Crippen molar-refractivity contribution in [2.24, 2.45) is 0 Å². The molecule has 2 N–H and O–H groups in total. The van der Waals surface area contributed by atoms with Gasteiger partial charge in [-0.3, -0.25) is 4.79 Å². The average molecular weight is 380 g/mol. The van der Waals surface area contributed by atoms with Gasteiger partial charge in [-0.15, -0.1) is 11.3 Å². The second-order valence-corrected chi connectivity index (χ2v) is 7.19. The molecule has 1 amide bonds. The van der Waals surface area contributed by atoms with Gasteiger partial charge in [0.2, 0.25) is 5.91 Å². The maximum atomic E-state index is 12.3.